The highest BCUT2D eigenvalue weighted by Gasteiger charge is 2.36. The third-order valence-corrected chi connectivity index (χ3v) is 5.28. The molecule has 2 aromatic rings. The molecule has 128 valence electrons. The number of aromatic amines is 2. The van der Waals surface area contributed by atoms with E-state index >= 15 is 0 Å². The maximum absolute atomic E-state index is 12.6. The lowest BCUT2D eigenvalue weighted by Gasteiger charge is -2.44. The summed E-state index contributed by atoms with van der Waals surface area (Å²) in [4.78, 5) is 55.4. The van der Waals surface area contributed by atoms with Gasteiger partial charge in [-0.3, -0.25) is 19.2 Å². The SMILES string of the molecule is C[C@@H]1CN(C(=O)c2csc(=O)[nH]2)C[C@H](C)N1C(=O)c1csc(=O)[nH]1. The molecule has 1 saturated heterocycles. The average molecular weight is 368 g/mol. The van der Waals surface area contributed by atoms with Crippen molar-refractivity contribution in [1.29, 1.82) is 0 Å². The van der Waals surface area contributed by atoms with E-state index in [9.17, 15) is 19.2 Å². The molecule has 0 bridgehead atoms. The molecule has 8 nitrogen and oxygen atoms in total. The number of nitrogens with one attached hydrogen (secondary N) is 2. The molecule has 24 heavy (non-hydrogen) atoms. The van der Waals surface area contributed by atoms with Crippen molar-refractivity contribution in [3.63, 3.8) is 0 Å². The zero-order chi connectivity index (χ0) is 17.4. The molecule has 0 aromatic carbocycles. The first-order valence-corrected chi connectivity index (χ1v) is 9.10. The zero-order valence-electron chi connectivity index (χ0n) is 13.1. The van der Waals surface area contributed by atoms with Gasteiger partial charge in [0.05, 0.1) is 0 Å². The Morgan fingerprint density at radius 2 is 1.42 bits per heavy atom. The van der Waals surface area contributed by atoms with Crippen LogP contribution in [0, 0.1) is 0 Å². The van der Waals surface area contributed by atoms with Gasteiger partial charge in [-0.1, -0.05) is 22.7 Å². The highest BCUT2D eigenvalue weighted by molar-refractivity contribution is 7.07. The lowest BCUT2D eigenvalue weighted by atomic mass is 10.1. The average Bonchev–Trinajstić information content (AvgIpc) is 3.14. The fraction of sp³-hybridized carbons (Fsp3) is 0.429. The summed E-state index contributed by atoms with van der Waals surface area (Å²) in [6.07, 6.45) is 0. The van der Waals surface area contributed by atoms with E-state index in [0.29, 0.717) is 13.1 Å². The van der Waals surface area contributed by atoms with Crippen LogP contribution in [0.1, 0.15) is 34.8 Å². The Hall–Kier alpha value is -2.20. The monoisotopic (exact) mass is 368 g/mol. The van der Waals surface area contributed by atoms with E-state index in [-0.39, 0.29) is 45.0 Å². The normalized spacial score (nSPS) is 21.1. The van der Waals surface area contributed by atoms with Crippen LogP contribution in [-0.4, -0.2) is 56.8 Å². The van der Waals surface area contributed by atoms with E-state index in [4.69, 9.17) is 0 Å². The lowest BCUT2D eigenvalue weighted by Crippen LogP contribution is -2.59. The number of H-pyrrole nitrogens is 2. The van der Waals surface area contributed by atoms with Crippen molar-refractivity contribution in [2.75, 3.05) is 13.1 Å². The Balaban J connectivity index is 1.77. The molecule has 1 aliphatic rings. The van der Waals surface area contributed by atoms with Gasteiger partial charge in [-0.15, -0.1) is 0 Å². The van der Waals surface area contributed by atoms with Crippen LogP contribution in [0.4, 0.5) is 0 Å². The number of hydrogen-bond acceptors (Lipinski definition) is 6. The summed E-state index contributed by atoms with van der Waals surface area (Å²) in [5.41, 5.74) is 0.539. The van der Waals surface area contributed by atoms with Crippen molar-refractivity contribution >= 4 is 34.5 Å². The number of amides is 2. The molecule has 2 atom stereocenters. The first-order chi connectivity index (χ1) is 11.4. The smallest absolute Gasteiger partial charge is 0.305 e. The predicted octanol–water partition coefficient (Wildman–Crippen LogP) is 0.561. The number of thiazole rings is 2. The maximum atomic E-state index is 12.6. The van der Waals surface area contributed by atoms with Crippen LogP contribution in [-0.2, 0) is 0 Å². The van der Waals surface area contributed by atoms with Gasteiger partial charge in [-0.05, 0) is 13.8 Å². The minimum Gasteiger partial charge on any atom is -0.333 e. The lowest BCUT2D eigenvalue weighted by molar-refractivity contribution is 0.0249. The predicted molar refractivity (Wildman–Crippen MR) is 90.9 cm³/mol. The Morgan fingerprint density at radius 1 is 0.958 bits per heavy atom. The fourth-order valence-electron chi connectivity index (χ4n) is 2.97. The summed E-state index contributed by atoms with van der Waals surface area (Å²) >= 11 is 1.90. The van der Waals surface area contributed by atoms with Crippen molar-refractivity contribution in [2.45, 2.75) is 25.9 Å². The minimum atomic E-state index is -0.270. The number of rotatable bonds is 2. The molecule has 0 unspecified atom stereocenters. The molecule has 0 saturated carbocycles. The van der Waals surface area contributed by atoms with Crippen LogP contribution >= 0.6 is 22.7 Å². The Bertz CT molecular complexity index is 867. The number of aromatic nitrogens is 2. The van der Waals surface area contributed by atoms with Crippen LogP contribution in [0.5, 0.6) is 0 Å². The first-order valence-electron chi connectivity index (χ1n) is 7.34. The third-order valence-electron chi connectivity index (χ3n) is 3.94. The summed E-state index contributed by atoms with van der Waals surface area (Å²) in [5, 5.41) is 3.02. The van der Waals surface area contributed by atoms with E-state index in [1.165, 1.54) is 10.8 Å². The molecule has 0 spiro atoms. The van der Waals surface area contributed by atoms with Crippen LogP contribution in [0.2, 0.25) is 0 Å². The number of nitrogens with zero attached hydrogens (tertiary/aromatic N) is 2. The summed E-state index contributed by atoms with van der Waals surface area (Å²) in [7, 11) is 0. The van der Waals surface area contributed by atoms with E-state index in [1.807, 2.05) is 13.8 Å². The van der Waals surface area contributed by atoms with Gasteiger partial charge in [0, 0.05) is 35.9 Å². The fourth-order valence-corrected chi connectivity index (χ4v) is 4.08. The Kier molecular flexibility index (Phi) is 4.41. The number of carbonyl (C=O) groups is 2. The molecular formula is C14H16N4O4S2. The number of hydrogen-bond donors (Lipinski definition) is 2. The van der Waals surface area contributed by atoms with Gasteiger partial charge in [0.15, 0.2) is 0 Å². The number of carbonyl (C=O) groups excluding carboxylic acids is 2. The van der Waals surface area contributed by atoms with Crippen LogP contribution in [0.15, 0.2) is 20.3 Å². The molecule has 10 heteroatoms. The molecule has 1 aliphatic heterocycles. The molecule has 3 rings (SSSR count). The molecule has 3 heterocycles. The van der Waals surface area contributed by atoms with E-state index < -0.39 is 0 Å². The van der Waals surface area contributed by atoms with Crippen molar-refractivity contribution in [2.24, 2.45) is 0 Å². The summed E-state index contributed by atoms with van der Waals surface area (Å²) in [6, 6.07) is -0.419. The highest BCUT2D eigenvalue weighted by atomic mass is 32.1. The molecule has 2 amide bonds. The van der Waals surface area contributed by atoms with Gasteiger partial charge in [0.1, 0.15) is 11.4 Å². The maximum Gasteiger partial charge on any atom is 0.305 e. The largest absolute Gasteiger partial charge is 0.333 e. The van der Waals surface area contributed by atoms with Gasteiger partial charge in [-0.2, -0.15) is 0 Å². The Morgan fingerprint density at radius 3 is 1.83 bits per heavy atom. The van der Waals surface area contributed by atoms with Crippen LogP contribution in [0.25, 0.3) is 0 Å². The zero-order valence-corrected chi connectivity index (χ0v) is 14.7. The summed E-state index contributed by atoms with van der Waals surface area (Å²) in [5.74, 6) is -0.493. The second-order valence-electron chi connectivity index (χ2n) is 5.74. The molecule has 0 aliphatic carbocycles. The van der Waals surface area contributed by atoms with Crippen molar-refractivity contribution in [3.05, 3.63) is 41.5 Å². The van der Waals surface area contributed by atoms with Crippen molar-refractivity contribution < 1.29 is 9.59 Å². The standard InChI is InChI=1S/C14H16N4O4S2/c1-7-3-17(11(19)9-5-23-13(21)15-9)4-8(2)18(7)12(20)10-6-24-14(22)16-10/h5-8H,3-4H2,1-2H3,(H,15,21)(H,16,22)/t7-,8+. The number of piperazine rings is 1. The highest BCUT2D eigenvalue weighted by Crippen LogP contribution is 2.20. The van der Waals surface area contributed by atoms with Gasteiger partial charge in [0.25, 0.3) is 11.8 Å². The molecule has 0 radical (unpaired) electrons. The Labute approximate surface area is 144 Å². The third kappa shape index (κ3) is 3.06. The van der Waals surface area contributed by atoms with Crippen LogP contribution in [0.3, 0.4) is 0 Å². The van der Waals surface area contributed by atoms with Gasteiger partial charge in [-0.25, -0.2) is 0 Å². The van der Waals surface area contributed by atoms with Crippen LogP contribution < -0.4 is 9.75 Å². The summed E-state index contributed by atoms with van der Waals surface area (Å²) in [6.45, 7) is 4.44. The quantitative estimate of drug-likeness (QED) is 0.808. The van der Waals surface area contributed by atoms with E-state index in [1.54, 1.807) is 9.80 Å². The molecule has 2 aromatic heterocycles. The first kappa shape index (κ1) is 16.7. The van der Waals surface area contributed by atoms with Gasteiger partial charge >= 0.3 is 9.75 Å². The summed E-state index contributed by atoms with van der Waals surface area (Å²) < 4.78 is 0. The molecular weight excluding hydrogens is 352 g/mol. The van der Waals surface area contributed by atoms with E-state index in [2.05, 4.69) is 9.97 Å². The van der Waals surface area contributed by atoms with Crippen molar-refractivity contribution in [1.82, 2.24) is 19.8 Å². The molecule has 1 fully saturated rings. The van der Waals surface area contributed by atoms with E-state index in [0.717, 1.165) is 22.7 Å². The topological polar surface area (TPSA) is 106 Å². The minimum absolute atomic E-state index is 0.209. The van der Waals surface area contributed by atoms with Gasteiger partial charge in [0.2, 0.25) is 0 Å². The second-order valence-corrected chi connectivity index (χ2v) is 7.43. The van der Waals surface area contributed by atoms with Gasteiger partial charge < -0.3 is 19.8 Å². The van der Waals surface area contributed by atoms with Crippen molar-refractivity contribution in [3.8, 4) is 0 Å². The second kappa shape index (κ2) is 6.36. The molecule has 2 N–H and O–H groups in total.